The Kier molecular flexibility index (Phi) is 6.83. The van der Waals surface area contributed by atoms with Crippen LogP contribution < -0.4 is 5.32 Å². The van der Waals surface area contributed by atoms with Crippen molar-refractivity contribution in [3.8, 4) is 0 Å². The van der Waals surface area contributed by atoms with E-state index in [0.717, 1.165) is 17.9 Å². The van der Waals surface area contributed by atoms with E-state index in [-0.39, 0.29) is 0 Å². The first-order valence-corrected chi connectivity index (χ1v) is 9.15. The Balaban J connectivity index is 1.71. The molecule has 2 nitrogen and oxygen atoms in total. The molecule has 1 heterocycles. The average molecular weight is 280 g/mol. The first-order chi connectivity index (χ1) is 9.67. The van der Waals surface area contributed by atoms with Crippen molar-refractivity contribution in [2.24, 2.45) is 11.8 Å². The lowest BCUT2D eigenvalue weighted by Gasteiger charge is -2.33. The van der Waals surface area contributed by atoms with Crippen LogP contribution in [-0.4, -0.2) is 36.6 Å². The summed E-state index contributed by atoms with van der Waals surface area (Å²) in [5.74, 6) is 2.01. The number of nitrogens with zero attached hydrogens (tertiary/aromatic N) is 1. The van der Waals surface area contributed by atoms with Gasteiger partial charge in [-0.1, -0.05) is 39.5 Å². The molecule has 1 aliphatic carbocycles. The van der Waals surface area contributed by atoms with Gasteiger partial charge >= 0.3 is 0 Å². The topological polar surface area (TPSA) is 15.3 Å². The fourth-order valence-corrected chi connectivity index (χ4v) is 3.92. The van der Waals surface area contributed by atoms with E-state index < -0.39 is 0 Å². The van der Waals surface area contributed by atoms with Gasteiger partial charge in [0.1, 0.15) is 0 Å². The highest BCUT2D eigenvalue weighted by Crippen LogP contribution is 2.30. The van der Waals surface area contributed by atoms with Gasteiger partial charge in [0.15, 0.2) is 0 Å². The number of hydrogen-bond donors (Lipinski definition) is 1. The van der Waals surface area contributed by atoms with Gasteiger partial charge in [-0.05, 0) is 64.1 Å². The zero-order valence-corrected chi connectivity index (χ0v) is 14.0. The number of hydrogen-bond acceptors (Lipinski definition) is 2. The molecule has 0 radical (unpaired) electrons. The Labute approximate surface area is 126 Å². The second-order valence-corrected chi connectivity index (χ2v) is 7.51. The van der Waals surface area contributed by atoms with Gasteiger partial charge in [-0.3, -0.25) is 0 Å². The van der Waals surface area contributed by atoms with Crippen molar-refractivity contribution in [3.05, 3.63) is 0 Å². The van der Waals surface area contributed by atoms with Crippen LogP contribution in [0.5, 0.6) is 0 Å². The maximum atomic E-state index is 3.77. The molecule has 2 rings (SSSR count). The maximum absolute atomic E-state index is 3.77. The quantitative estimate of drug-likeness (QED) is 0.835. The maximum Gasteiger partial charge on any atom is 0.00790 e. The molecule has 0 aromatic carbocycles. The van der Waals surface area contributed by atoms with E-state index in [2.05, 4.69) is 31.0 Å². The van der Waals surface area contributed by atoms with E-state index in [9.17, 15) is 0 Å². The zero-order chi connectivity index (χ0) is 14.4. The lowest BCUT2D eigenvalue weighted by molar-refractivity contribution is 0.185. The molecular formula is C18H36N2. The van der Waals surface area contributed by atoms with Crippen LogP contribution in [0.1, 0.15) is 72.1 Å². The minimum atomic E-state index is 0.693. The Morgan fingerprint density at radius 1 is 0.950 bits per heavy atom. The van der Waals surface area contributed by atoms with Crippen LogP contribution in [-0.2, 0) is 0 Å². The predicted molar refractivity (Wildman–Crippen MR) is 88.1 cm³/mol. The highest BCUT2D eigenvalue weighted by molar-refractivity contribution is 4.78. The van der Waals surface area contributed by atoms with Crippen LogP contribution in [0.4, 0.5) is 0 Å². The molecule has 1 saturated heterocycles. The molecule has 2 heteroatoms. The molecule has 1 aliphatic heterocycles. The molecule has 2 aliphatic rings. The molecular weight excluding hydrogens is 244 g/mol. The van der Waals surface area contributed by atoms with Gasteiger partial charge in [-0.25, -0.2) is 0 Å². The smallest absolute Gasteiger partial charge is 0.00790 e. The molecule has 0 bridgehead atoms. The van der Waals surface area contributed by atoms with Crippen molar-refractivity contribution in [1.82, 2.24) is 10.2 Å². The first kappa shape index (κ1) is 16.3. The summed E-state index contributed by atoms with van der Waals surface area (Å²) in [4.78, 5) is 2.75. The van der Waals surface area contributed by atoms with E-state index >= 15 is 0 Å². The van der Waals surface area contributed by atoms with Crippen LogP contribution in [0.25, 0.3) is 0 Å². The highest BCUT2D eigenvalue weighted by atomic mass is 15.1. The van der Waals surface area contributed by atoms with Crippen LogP contribution in [0.15, 0.2) is 0 Å². The molecule has 0 amide bonds. The summed E-state index contributed by atoms with van der Waals surface area (Å²) in [7, 11) is 0. The van der Waals surface area contributed by atoms with Gasteiger partial charge in [0.05, 0.1) is 0 Å². The number of rotatable bonds is 4. The number of nitrogens with one attached hydrogen (secondary N) is 1. The van der Waals surface area contributed by atoms with Crippen molar-refractivity contribution >= 4 is 0 Å². The molecule has 1 N–H and O–H groups in total. The lowest BCUT2D eigenvalue weighted by atomic mass is 9.81. The van der Waals surface area contributed by atoms with Crippen molar-refractivity contribution in [2.75, 3.05) is 19.6 Å². The molecule has 118 valence electrons. The van der Waals surface area contributed by atoms with Crippen molar-refractivity contribution < 1.29 is 0 Å². The van der Waals surface area contributed by atoms with Gasteiger partial charge in [-0.2, -0.15) is 0 Å². The summed E-state index contributed by atoms with van der Waals surface area (Å²) in [5.41, 5.74) is 0. The summed E-state index contributed by atoms with van der Waals surface area (Å²) in [6, 6.07) is 1.43. The van der Waals surface area contributed by atoms with E-state index in [0.29, 0.717) is 6.04 Å². The van der Waals surface area contributed by atoms with Crippen molar-refractivity contribution in [2.45, 2.75) is 84.2 Å². The van der Waals surface area contributed by atoms with Gasteiger partial charge in [0.25, 0.3) is 0 Å². The minimum absolute atomic E-state index is 0.693. The predicted octanol–water partition coefficient (Wildman–Crippen LogP) is 4.06. The summed E-state index contributed by atoms with van der Waals surface area (Å²) in [5, 5.41) is 3.77. The van der Waals surface area contributed by atoms with Gasteiger partial charge in [0, 0.05) is 12.1 Å². The fourth-order valence-electron chi connectivity index (χ4n) is 3.92. The summed E-state index contributed by atoms with van der Waals surface area (Å²) >= 11 is 0. The Hall–Kier alpha value is -0.0800. The van der Waals surface area contributed by atoms with Gasteiger partial charge < -0.3 is 10.2 Å². The first-order valence-electron chi connectivity index (χ1n) is 9.15. The molecule has 2 fully saturated rings. The standard InChI is InChI=1S/C18H36N2/c1-4-18-11-14-20(12-9-16(3)19-18)13-10-17-7-5-15(2)6-8-17/h15-19H,4-14H2,1-3H3. The fraction of sp³-hybridized carbons (Fsp3) is 1.00. The molecule has 0 spiro atoms. The molecule has 0 aromatic heterocycles. The third-order valence-corrected chi connectivity index (χ3v) is 5.67. The Bertz CT molecular complexity index is 258. The zero-order valence-electron chi connectivity index (χ0n) is 14.0. The summed E-state index contributed by atoms with van der Waals surface area (Å²) < 4.78 is 0. The third-order valence-electron chi connectivity index (χ3n) is 5.67. The normalized spacial score (nSPS) is 37.4. The molecule has 0 aromatic rings. The van der Waals surface area contributed by atoms with E-state index in [1.165, 1.54) is 71.0 Å². The lowest BCUT2D eigenvalue weighted by Crippen LogP contribution is -2.44. The van der Waals surface area contributed by atoms with E-state index in [1.807, 2.05) is 0 Å². The van der Waals surface area contributed by atoms with E-state index in [4.69, 9.17) is 0 Å². The largest absolute Gasteiger partial charge is 0.311 e. The molecule has 1 saturated carbocycles. The third kappa shape index (κ3) is 5.37. The average Bonchev–Trinajstić information content (AvgIpc) is 2.44. The van der Waals surface area contributed by atoms with Crippen LogP contribution in [0.2, 0.25) is 0 Å². The summed E-state index contributed by atoms with van der Waals surface area (Å²) in [6.45, 7) is 11.1. The van der Waals surface area contributed by atoms with Gasteiger partial charge in [0.2, 0.25) is 0 Å². The Morgan fingerprint density at radius 2 is 1.65 bits per heavy atom. The van der Waals surface area contributed by atoms with Gasteiger partial charge in [-0.15, -0.1) is 0 Å². The summed E-state index contributed by atoms with van der Waals surface area (Å²) in [6.07, 6.45) is 11.3. The minimum Gasteiger partial charge on any atom is -0.311 e. The van der Waals surface area contributed by atoms with Crippen LogP contribution >= 0.6 is 0 Å². The van der Waals surface area contributed by atoms with E-state index in [1.54, 1.807) is 0 Å². The molecule has 2 atom stereocenters. The highest BCUT2D eigenvalue weighted by Gasteiger charge is 2.21. The monoisotopic (exact) mass is 280 g/mol. The van der Waals surface area contributed by atoms with Crippen molar-refractivity contribution in [3.63, 3.8) is 0 Å². The second kappa shape index (κ2) is 8.38. The molecule has 2 unspecified atom stereocenters. The SMILES string of the molecule is CCC1CCN(CCC2CCC(C)CC2)CCC(C)N1. The Morgan fingerprint density at radius 3 is 2.35 bits per heavy atom. The molecule has 20 heavy (non-hydrogen) atoms. The van der Waals surface area contributed by atoms with Crippen molar-refractivity contribution in [1.29, 1.82) is 0 Å². The van der Waals surface area contributed by atoms with Crippen LogP contribution in [0.3, 0.4) is 0 Å². The second-order valence-electron chi connectivity index (χ2n) is 7.51. The van der Waals surface area contributed by atoms with Crippen LogP contribution in [0, 0.1) is 11.8 Å².